The van der Waals surface area contributed by atoms with E-state index in [1.165, 1.54) is 14.0 Å². The molecule has 1 unspecified atom stereocenters. The van der Waals surface area contributed by atoms with Gasteiger partial charge in [0.15, 0.2) is 5.69 Å². The highest BCUT2D eigenvalue weighted by Gasteiger charge is 2.39. The van der Waals surface area contributed by atoms with Gasteiger partial charge >= 0.3 is 6.18 Å². The summed E-state index contributed by atoms with van der Waals surface area (Å²) in [5.41, 5.74) is -1.21. The van der Waals surface area contributed by atoms with Crippen molar-refractivity contribution in [3.05, 3.63) is 16.4 Å². The van der Waals surface area contributed by atoms with Crippen LogP contribution >= 0.6 is 11.6 Å². The van der Waals surface area contributed by atoms with E-state index in [2.05, 4.69) is 5.10 Å². The second-order valence-corrected chi connectivity index (χ2v) is 3.22. The zero-order valence-electron chi connectivity index (χ0n) is 7.43. The Morgan fingerprint density at radius 2 is 2.00 bits per heavy atom. The smallest absolute Gasteiger partial charge is 0.387 e. The normalized spacial score (nSPS) is 14.5. The van der Waals surface area contributed by atoms with E-state index in [-0.39, 0.29) is 5.69 Å². The van der Waals surface area contributed by atoms with E-state index in [4.69, 9.17) is 16.7 Å². The molecule has 14 heavy (non-hydrogen) atoms. The molecule has 0 spiro atoms. The summed E-state index contributed by atoms with van der Waals surface area (Å²) in [5.74, 6) is 0. The Kier molecular flexibility index (Phi) is 2.78. The number of aromatic nitrogens is 2. The highest BCUT2D eigenvalue weighted by molar-refractivity contribution is 6.32. The van der Waals surface area contributed by atoms with E-state index in [1.807, 2.05) is 0 Å². The molecule has 1 aromatic heterocycles. The number of hydrogen-bond acceptors (Lipinski definition) is 2. The lowest BCUT2D eigenvalue weighted by atomic mass is 10.2. The van der Waals surface area contributed by atoms with Gasteiger partial charge in [0.1, 0.15) is 0 Å². The van der Waals surface area contributed by atoms with Crippen molar-refractivity contribution in [1.29, 1.82) is 0 Å². The molecule has 1 aromatic rings. The monoisotopic (exact) mass is 228 g/mol. The van der Waals surface area contributed by atoms with Crippen molar-refractivity contribution in [3.63, 3.8) is 0 Å². The first-order chi connectivity index (χ1) is 6.25. The quantitative estimate of drug-likeness (QED) is 0.800. The molecule has 0 aromatic carbocycles. The molecule has 1 atom stereocenters. The Morgan fingerprint density at radius 3 is 2.21 bits per heavy atom. The van der Waals surface area contributed by atoms with Gasteiger partial charge in [-0.2, -0.15) is 18.3 Å². The van der Waals surface area contributed by atoms with Crippen LogP contribution in [0.5, 0.6) is 0 Å². The molecule has 0 aliphatic heterocycles. The summed E-state index contributed by atoms with van der Waals surface area (Å²) in [6.07, 6.45) is -5.68. The van der Waals surface area contributed by atoms with E-state index >= 15 is 0 Å². The van der Waals surface area contributed by atoms with Crippen molar-refractivity contribution in [2.45, 2.75) is 19.2 Å². The number of hydrogen-bond donors (Lipinski definition) is 1. The minimum Gasteiger partial charge on any atom is -0.387 e. The standard InChI is InChI=1S/C7H8ClF3N2O/c1-3(14)5-4(8)6(7(9,10)11)12-13(5)2/h3,14H,1-2H3. The second-order valence-electron chi connectivity index (χ2n) is 2.85. The molecule has 80 valence electrons. The summed E-state index contributed by atoms with van der Waals surface area (Å²) in [5, 5.41) is 11.8. The Bertz CT molecular complexity index is 345. The molecule has 0 aliphatic carbocycles. The first kappa shape index (κ1) is 11.3. The lowest BCUT2D eigenvalue weighted by molar-refractivity contribution is -0.141. The third-order valence-corrected chi connectivity index (χ3v) is 2.07. The van der Waals surface area contributed by atoms with Crippen molar-refractivity contribution in [2.75, 3.05) is 0 Å². The lowest BCUT2D eigenvalue weighted by Gasteiger charge is -2.04. The molecule has 0 radical (unpaired) electrons. The molecule has 0 saturated heterocycles. The molecule has 3 nitrogen and oxygen atoms in total. The minimum atomic E-state index is -4.60. The van der Waals surface area contributed by atoms with Gasteiger partial charge in [0.05, 0.1) is 16.8 Å². The number of aliphatic hydroxyl groups is 1. The molecular weight excluding hydrogens is 221 g/mol. The van der Waals surface area contributed by atoms with E-state index in [0.29, 0.717) is 0 Å². The highest BCUT2D eigenvalue weighted by atomic mass is 35.5. The van der Waals surface area contributed by atoms with Crippen LogP contribution in [0, 0.1) is 0 Å². The number of halogens is 4. The number of aryl methyl sites for hydroxylation is 1. The molecule has 0 amide bonds. The minimum absolute atomic E-state index is 0.0426. The van der Waals surface area contributed by atoms with Crippen molar-refractivity contribution in [3.8, 4) is 0 Å². The largest absolute Gasteiger partial charge is 0.436 e. The van der Waals surface area contributed by atoms with Gasteiger partial charge in [-0.15, -0.1) is 0 Å². The number of alkyl halides is 3. The maximum atomic E-state index is 12.3. The van der Waals surface area contributed by atoms with Gasteiger partial charge in [-0.05, 0) is 6.92 Å². The van der Waals surface area contributed by atoms with Gasteiger partial charge in [-0.1, -0.05) is 11.6 Å². The summed E-state index contributed by atoms with van der Waals surface area (Å²) >= 11 is 5.45. The molecule has 0 bridgehead atoms. The van der Waals surface area contributed by atoms with Gasteiger partial charge in [0.25, 0.3) is 0 Å². The predicted octanol–water partition coefficient (Wildman–Crippen LogP) is 2.15. The molecule has 7 heteroatoms. The number of nitrogens with zero attached hydrogens (tertiary/aromatic N) is 2. The van der Waals surface area contributed by atoms with Gasteiger partial charge in [0, 0.05) is 7.05 Å². The third kappa shape index (κ3) is 1.85. The van der Waals surface area contributed by atoms with Crippen LogP contribution in [0.2, 0.25) is 5.02 Å². The van der Waals surface area contributed by atoms with Crippen LogP contribution in [0.3, 0.4) is 0 Å². The average molecular weight is 229 g/mol. The average Bonchev–Trinajstić information content (AvgIpc) is 2.24. The van der Waals surface area contributed by atoms with Crippen molar-refractivity contribution in [2.24, 2.45) is 7.05 Å². The topological polar surface area (TPSA) is 38.1 Å². The highest BCUT2D eigenvalue weighted by Crippen LogP contribution is 2.36. The fourth-order valence-corrected chi connectivity index (χ4v) is 1.57. The lowest BCUT2D eigenvalue weighted by Crippen LogP contribution is -2.07. The van der Waals surface area contributed by atoms with Crippen molar-refractivity contribution in [1.82, 2.24) is 9.78 Å². The van der Waals surface area contributed by atoms with Crippen molar-refractivity contribution >= 4 is 11.6 Å². The SMILES string of the molecule is CC(O)c1c(Cl)c(C(F)(F)F)nn1C. The van der Waals surface area contributed by atoms with E-state index in [1.54, 1.807) is 0 Å². The fraction of sp³-hybridized carbons (Fsp3) is 0.571. The van der Waals surface area contributed by atoms with Gasteiger partial charge in [0.2, 0.25) is 0 Å². The van der Waals surface area contributed by atoms with E-state index in [9.17, 15) is 13.2 Å². The van der Waals surface area contributed by atoms with Crippen LogP contribution in [0.1, 0.15) is 24.4 Å². The van der Waals surface area contributed by atoms with Crippen LogP contribution in [0.25, 0.3) is 0 Å². The van der Waals surface area contributed by atoms with Gasteiger partial charge in [-0.25, -0.2) is 0 Å². The first-order valence-electron chi connectivity index (χ1n) is 3.72. The molecule has 0 aliphatic rings. The zero-order chi connectivity index (χ0) is 11.1. The molecular formula is C7H8ClF3N2O. The van der Waals surface area contributed by atoms with Crippen LogP contribution in [0.4, 0.5) is 13.2 Å². The third-order valence-electron chi connectivity index (χ3n) is 1.70. The summed E-state index contributed by atoms with van der Waals surface area (Å²) < 4.78 is 37.7. The Balaban J connectivity index is 3.31. The number of rotatable bonds is 1. The molecule has 0 fully saturated rings. The molecule has 1 rings (SSSR count). The molecule has 1 N–H and O–H groups in total. The van der Waals surface area contributed by atoms with E-state index in [0.717, 1.165) is 4.68 Å². The summed E-state index contributed by atoms with van der Waals surface area (Å²) in [6.45, 7) is 1.32. The summed E-state index contributed by atoms with van der Waals surface area (Å²) in [4.78, 5) is 0. The fourth-order valence-electron chi connectivity index (χ4n) is 1.15. The second kappa shape index (κ2) is 3.43. The first-order valence-corrected chi connectivity index (χ1v) is 4.10. The van der Waals surface area contributed by atoms with Crippen LogP contribution < -0.4 is 0 Å². The van der Waals surface area contributed by atoms with Crippen LogP contribution in [-0.2, 0) is 13.2 Å². The molecule has 0 saturated carbocycles. The van der Waals surface area contributed by atoms with Gasteiger partial charge in [-0.3, -0.25) is 4.68 Å². The maximum absolute atomic E-state index is 12.3. The summed E-state index contributed by atoms with van der Waals surface area (Å²) in [6, 6.07) is 0. The Morgan fingerprint density at radius 1 is 1.50 bits per heavy atom. The Hall–Kier alpha value is -0.750. The van der Waals surface area contributed by atoms with Gasteiger partial charge < -0.3 is 5.11 Å². The molecule has 1 heterocycles. The Labute approximate surface area is 83.1 Å². The number of aliphatic hydroxyl groups excluding tert-OH is 1. The predicted molar refractivity (Wildman–Crippen MR) is 43.9 cm³/mol. The van der Waals surface area contributed by atoms with Crippen molar-refractivity contribution < 1.29 is 18.3 Å². The van der Waals surface area contributed by atoms with E-state index < -0.39 is 23.0 Å². The van der Waals surface area contributed by atoms with Crippen LogP contribution in [-0.4, -0.2) is 14.9 Å². The zero-order valence-corrected chi connectivity index (χ0v) is 8.19. The summed E-state index contributed by atoms with van der Waals surface area (Å²) in [7, 11) is 1.29. The van der Waals surface area contributed by atoms with Crippen LogP contribution in [0.15, 0.2) is 0 Å². The maximum Gasteiger partial charge on any atom is 0.436 e.